The molecule has 0 rings (SSSR count). The summed E-state index contributed by atoms with van der Waals surface area (Å²) in [7, 11) is 0. The number of ether oxygens (including phenoxy) is 1. The fourth-order valence-corrected chi connectivity index (χ4v) is 3.71. The smallest absolute Gasteiger partial charge is 0.313 e. The van der Waals surface area contributed by atoms with Crippen LogP contribution >= 0.6 is 11.8 Å². The maximum Gasteiger partial charge on any atom is 0.313 e. The van der Waals surface area contributed by atoms with Gasteiger partial charge in [0.25, 0.3) is 0 Å². The van der Waals surface area contributed by atoms with Crippen molar-refractivity contribution < 1.29 is 14.6 Å². The third-order valence-corrected chi connectivity index (χ3v) is 5.81. The van der Waals surface area contributed by atoms with Gasteiger partial charge in [0.05, 0.1) is 5.75 Å². The van der Waals surface area contributed by atoms with Gasteiger partial charge in [0.1, 0.15) is 5.44 Å². The highest BCUT2D eigenvalue weighted by Crippen LogP contribution is 2.15. The Bertz CT molecular complexity index is 297. The Hall–Kier alpha value is -0.220. The van der Waals surface area contributed by atoms with Gasteiger partial charge in [0.15, 0.2) is 0 Å². The number of unbranched alkanes of at least 4 members (excludes halogenated alkanes) is 15. The van der Waals surface area contributed by atoms with Crippen molar-refractivity contribution in [1.82, 2.24) is 0 Å². The van der Waals surface area contributed by atoms with Crippen molar-refractivity contribution in [2.45, 2.75) is 122 Å². The Kier molecular flexibility index (Phi) is 20.9. The van der Waals surface area contributed by atoms with E-state index in [0.717, 1.165) is 13.0 Å². The quantitative estimate of drug-likeness (QED) is 0.164. The summed E-state index contributed by atoms with van der Waals surface area (Å²) in [5.41, 5.74) is -0.0116. The summed E-state index contributed by atoms with van der Waals surface area (Å²) in [4.78, 5) is 10.5. The molecule has 0 saturated heterocycles. The zero-order chi connectivity index (χ0) is 19.3. The molecule has 0 aliphatic heterocycles. The third kappa shape index (κ3) is 21.8. The highest BCUT2D eigenvalue weighted by atomic mass is 32.2. The molecule has 0 amide bonds. The highest BCUT2D eigenvalue weighted by Gasteiger charge is 2.05. The van der Waals surface area contributed by atoms with Crippen LogP contribution in [0.1, 0.15) is 117 Å². The largest absolute Gasteiger partial charge is 0.481 e. The first-order valence-corrected chi connectivity index (χ1v) is 12.2. The lowest BCUT2D eigenvalue weighted by molar-refractivity contribution is -0.133. The van der Waals surface area contributed by atoms with Gasteiger partial charge in [-0.25, -0.2) is 0 Å². The second kappa shape index (κ2) is 21.1. The third-order valence-electron chi connectivity index (χ3n) is 4.79. The first-order valence-electron chi connectivity index (χ1n) is 11.1. The van der Waals surface area contributed by atoms with Gasteiger partial charge in [-0.1, -0.05) is 103 Å². The second-order valence-corrected chi connectivity index (χ2v) is 8.73. The van der Waals surface area contributed by atoms with Gasteiger partial charge in [-0.15, -0.1) is 11.8 Å². The molecule has 0 aliphatic carbocycles. The minimum Gasteiger partial charge on any atom is -0.481 e. The molecule has 0 radical (unpaired) electrons. The molecule has 0 saturated carbocycles. The summed E-state index contributed by atoms with van der Waals surface area (Å²) in [5.74, 6) is -0.645. The van der Waals surface area contributed by atoms with E-state index in [1.165, 1.54) is 108 Å². The van der Waals surface area contributed by atoms with E-state index in [2.05, 4.69) is 6.92 Å². The number of aliphatic carboxylic acids is 1. The van der Waals surface area contributed by atoms with E-state index in [0.29, 0.717) is 0 Å². The van der Waals surface area contributed by atoms with Crippen molar-refractivity contribution in [1.29, 1.82) is 0 Å². The molecule has 0 aromatic rings. The number of hydrogen-bond acceptors (Lipinski definition) is 3. The van der Waals surface area contributed by atoms with Crippen molar-refractivity contribution in [3.63, 3.8) is 0 Å². The molecular formula is C22H44O3S. The predicted molar refractivity (Wildman–Crippen MR) is 115 cm³/mol. The van der Waals surface area contributed by atoms with Crippen molar-refractivity contribution in [2.75, 3.05) is 12.4 Å². The number of rotatable bonds is 21. The fourth-order valence-electron chi connectivity index (χ4n) is 3.14. The van der Waals surface area contributed by atoms with Crippen LogP contribution in [-0.4, -0.2) is 28.9 Å². The Morgan fingerprint density at radius 3 is 1.54 bits per heavy atom. The Labute approximate surface area is 167 Å². The van der Waals surface area contributed by atoms with Crippen LogP contribution in [0.4, 0.5) is 0 Å². The predicted octanol–water partition coefficient (Wildman–Crippen LogP) is 7.43. The van der Waals surface area contributed by atoms with Crippen molar-refractivity contribution in [2.24, 2.45) is 0 Å². The first kappa shape index (κ1) is 25.8. The molecule has 0 aromatic carbocycles. The van der Waals surface area contributed by atoms with E-state index < -0.39 is 5.97 Å². The molecule has 0 heterocycles. The Morgan fingerprint density at radius 2 is 1.15 bits per heavy atom. The van der Waals surface area contributed by atoms with Crippen LogP contribution in [0.5, 0.6) is 0 Å². The normalized spacial score (nSPS) is 12.4. The topological polar surface area (TPSA) is 46.5 Å². The average Bonchev–Trinajstić information content (AvgIpc) is 2.62. The molecule has 0 bridgehead atoms. The maximum absolute atomic E-state index is 10.5. The van der Waals surface area contributed by atoms with E-state index in [9.17, 15) is 4.79 Å². The SMILES string of the molecule is CCCCCCCCCCCCCCCCCCOC(C)SCC(=O)O. The lowest BCUT2D eigenvalue weighted by Gasteiger charge is -2.11. The molecular weight excluding hydrogens is 344 g/mol. The van der Waals surface area contributed by atoms with Gasteiger partial charge in [-0.2, -0.15) is 0 Å². The molecule has 26 heavy (non-hydrogen) atoms. The molecule has 1 atom stereocenters. The van der Waals surface area contributed by atoms with Crippen molar-refractivity contribution in [3.8, 4) is 0 Å². The van der Waals surface area contributed by atoms with E-state index in [4.69, 9.17) is 9.84 Å². The summed E-state index contributed by atoms with van der Waals surface area (Å²) >= 11 is 1.35. The van der Waals surface area contributed by atoms with Gasteiger partial charge in [-0.3, -0.25) is 4.79 Å². The van der Waals surface area contributed by atoms with Crippen molar-refractivity contribution >= 4 is 17.7 Å². The number of hydrogen-bond donors (Lipinski definition) is 1. The van der Waals surface area contributed by atoms with Crippen molar-refractivity contribution in [3.05, 3.63) is 0 Å². The number of carboxylic acids is 1. The minimum absolute atomic E-state index is 0.0116. The average molecular weight is 389 g/mol. The van der Waals surface area contributed by atoms with Crippen LogP contribution in [0.25, 0.3) is 0 Å². The van der Waals surface area contributed by atoms with E-state index >= 15 is 0 Å². The number of carboxylic acid groups (broad SMARTS) is 1. The monoisotopic (exact) mass is 388 g/mol. The highest BCUT2D eigenvalue weighted by molar-refractivity contribution is 8.00. The van der Waals surface area contributed by atoms with Gasteiger partial charge in [0, 0.05) is 6.61 Å². The lowest BCUT2D eigenvalue weighted by Crippen LogP contribution is -2.09. The summed E-state index contributed by atoms with van der Waals surface area (Å²) in [5, 5.41) is 8.61. The van der Waals surface area contributed by atoms with Gasteiger partial charge >= 0.3 is 5.97 Å². The standard InChI is InChI=1S/C22H44O3S/c1-3-4-5-6-7-8-9-10-11-12-13-14-15-16-17-18-19-25-21(2)26-20-22(23)24/h21H,3-20H2,1-2H3,(H,23,24). The molecule has 0 spiro atoms. The Morgan fingerprint density at radius 1 is 0.769 bits per heavy atom. The molecule has 0 aliphatic rings. The minimum atomic E-state index is -0.771. The Balaban J connectivity index is 3.08. The van der Waals surface area contributed by atoms with Crippen LogP contribution in [0.2, 0.25) is 0 Å². The van der Waals surface area contributed by atoms with Gasteiger partial charge in [-0.05, 0) is 13.3 Å². The maximum atomic E-state index is 10.5. The van der Waals surface area contributed by atoms with Crippen LogP contribution in [0.3, 0.4) is 0 Å². The molecule has 1 unspecified atom stereocenters. The second-order valence-electron chi connectivity index (χ2n) is 7.45. The summed E-state index contributed by atoms with van der Waals surface area (Å²) in [6.07, 6.45) is 22.0. The molecule has 3 nitrogen and oxygen atoms in total. The zero-order valence-corrected chi connectivity index (χ0v) is 18.3. The molecule has 4 heteroatoms. The van der Waals surface area contributed by atoms with E-state index in [-0.39, 0.29) is 11.2 Å². The van der Waals surface area contributed by atoms with Crippen LogP contribution < -0.4 is 0 Å². The van der Waals surface area contributed by atoms with Gasteiger partial charge < -0.3 is 9.84 Å². The lowest BCUT2D eigenvalue weighted by atomic mass is 10.0. The van der Waals surface area contributed by atoms with Crippen LogP contribution in [0, 0.1) is 0 Å². The van der Waals surface area contributed by atoms with E-state index in [1.54, 1.807) is 0 Å². The van der Waals surface area contributed by atoms with Gasteiger partial charge in [0.2, 0.25) is 0 Å². The summed E-state index contributed by atoms with van der Waals surface area (Å²) in [6, 6.07) is 0. The first-order chi connectivity index (χ1) is 12.7. The molecule has 0 aromatic heterocycles. The molecule has 0 fully saturated rings. The van der Waals surface area contributed by atoms with E-state index in [1.807, 2.05) is 6.92 Å². The fraction of sp³-hybridized carbons (Fsp3) is 0.955. The summed E-state index contributed by atoms with van der Waals surface area (Å²) < 4.78 is 5.61. The molecule has 156 valence electrons. The van der Waals surface area contributed by atoms with Crippen LogP contribution in [-0.2, 0) is 9.53 Å². The summed E-state index contributed by atoms with van der Waals surface area (Å²) in [6.45, 7) is 4.97. The zero-order valence-electron chi connectivity index (χ0n) is 17.5. The number of carbonyl (C=O) groups is 1. The number of thioether (sulfide) groups is 1. The van der Waals surface area contributed by atoms with Crippen LogP contribution in [0.15, 0.2) is 0 Å². The molecule has 1 N–H and O–H groups in total.